The minimum Gasteiger partial charge on any atom is -0.494 e. The molecule has 1 heterocycles. The minimum absolute atomic E-state index is 0.104. The number of hydrogen-bond acceptors (Lipinski definition) is 5. The minimum atomic E-state index is -0.104. The standard InChI is InChI=1S/C17H23N3O2S/c1-3-4-11-22-14-7-5-13(6-8-14)16-12(2)23-17(20-16)19-15(21)9-10-18/h5-8H,3-4,9-11,18H2,1-2H3,(H,19,20,21). The summed E-state index contributed by atoms with van der Waals surface area (Å²) in [4.78, 5) is 17.2. The van der Waals surface area contributed by atoms with Crippen molar-refractivity contribution < 1.29 is 9.53 Å². The maximum absolute atomic E-state index is 11.6. The second-order valence-electron chi connectivity index (χ2n) is 5.24. The molecule has 0 saturated heterocycles. The van der Waals surface area contributed by atoms with E-state index in [0.29, 0.717) is 18.1 Å². The molecule has 1 aromatic carbocycles. The van der Waals surface area contributed by atoms with E-state index in [-0.39, 0.29) is 5.91 Å². The van der Waals surface area contributed by atoms with Crippen LogP contribution in [-0.2, 0) is 4.79 Å². The van der Waals surface area contributed by atoms with Crippen LogP contribution in [-0.4, -0.2) is 24.0 Å². The predicted molar refractivity (Wildman–Crippen MR) is 95.0 cm³/mol. The molecule has 0 aliphatic carbocycles. The monoisotopic (exact) mass is 333 g/mol. The molecule has 0 aliphatic rings. The van der Waals surface area contributed by atoms with Crippen molar-refractivity contribution in [3.8, 4) is 17.0 Å². The van der Waals surface area contributed by atoms with E-state index in [1.165, 1.54) is 11.3 Å². The Morgan fingerprint density at radius 2 is 2.09 bits per heavy atom. The van der Waals surface area contributed by atoms with E-state index in [1.807, 2.05) is 31.2 Å². The molecule has 1 amide bonds. The summed E-state index contributed by atoms with van der Waals surface area (Å²) < 4.78 is 5.67. The van der Waals surface area contributed by atoms with Gasteiger partial charge in [-0.05, 0) is 37.6 Å². The molecule has 0 spiro atoms. The Hall–Kier alpha value is -1.92. The van der Waals surface area contributed by atoms with E-state index in [1.54, 1.807) is 0 Å². The highest BCUT2D eigenvalue weighted by atomic mass is 32.1. The number of hydrogen-bond donors (Lipinski definition) is 2. The molecule has 23 heavy (non-hydrogen) atoms. The molecule has 2 aromatic rings. The zero-order valence-electron chi connectivity index (χ0n) is 13.6. The van der Waals surface area contributed by atoms with Crippen LogP contribution in [0.4, 0.5) is 5.13 Å². The van der Waals surface area contributed by atoms with E-state index in [9.17, 15) is 4.79 Å². The molecule has 0 radical (unpaired) electrons. The Labute approximate surface area is 140 Å². The lowest BCUT2D eigenvalue weighted by atomic mass is 10.1. The van der Waals surface area contributed by atoms with Gasteiger partial charge in [-0.15, -0.1) is 11.3 Å². The van der Waals surface area contributed by atoms with Crippen LogP contribution in [0.1, 0.15) is 31.1 Å². The smallest absolute Gasteiger partial charge is 0.227 e. The average molecular weight is 333 g/mol. The van der Waals surface area contributed by atoms with Gasteiger partial charge in [0.15, 0.2) is 5.13 Å². The maximum Gasteiger partial charge on any atom is 0.227 e. The van der Waals surface area contributed by atoms with Crippen LogP contribution >= 0.6 is 11.3 Å². The maximum atomic E-state index is 11.6. The molecule has 0 unspecified atom stereocenters. The van der Waals surface area contributed by atoms with E-state index in [0.717, 1.165) is 41.3 Å². The molecular weight excluding hydrogens is 310 g/mol. The van der Waals surface area contributed by atoms with Crippen molar-refractivity contribution in [2.45, 2.75) is 33.1 Å². The summed E-state index contributed by atoms with van der Waals surface area (Å²) in [6, 6.07) is 7.90. The van der Waals surface area contributed by atoms with Gasteiger partial charge in [-0.2, -0.15) is 0 Å². The fraction of sp³-hybridized carbons (Fsp3) is 0.412. The van der Waals surface area contributed by atoms with Gasteiger partial charge >= 0.3 is 0 Å². The number of unbranched alkanes of at least 4 members (excludes halogenated alkanes) is 1. The Morgan fingerprint density at radius 1 is 1.35 bits per heavy atom. The first-order chi connectivity index (χ1) is 11.1. The SMILES string of the molecule is CCCCOc1ccc(-c2nc(NC(=O)CCN)sc2C)cc1. The quantitative estimate of drug-likeness (QED) is 0.724. The van der Waals surface area contributed by atoms with Crippen molar-refractivity contribution in [2.24, 2.45) is 5.73 Å². The molecule has 1 aromatic heterocycles. The number of rotatable bonds is 8. The van der Waals surface area contributed by atoms with E-state index < -0.39 is 0 Å². The molecule has 0 bridgehead atoms. The molecule has 3 N–H and O–H groups in total. The first-order valence-electron chi connectivity index (χ1n) is 7.84. The van der Waals surface area contributed by atoms with Gasteiger partial charge in [-0.1, -0.05) is 13.3 Å². The summed E-state index contributed by atoms with van der Waals surface area (Å²) in [5.74, 6) is 0.763. The van der Waals surface area contributed by atoms with Crippen LogP contribution in [0.25, 0.3) is 11.3 Å². The normalized spacial score (nSPS) is 10.6. The highest BCUT2D eigenvalue weighted by Gasteiger charge is 2.12. The van der Waals surface area contributed by atoms with Crippen LogP contribution in [0.2, 0.25) is 0 Å². The lowest BCUT2D eigenvalue weighted by Gasteiger charge is -2.06. The van der Waals surface area contributed by atoms with Crippen LogP contribution in [0, 0.1) is 6.92 Å². The number of aromatic nitrogens is 1. The molecule has 6 heteroatoms. The highest BCUT2D eigenvalue weighted by Crippen LogP contribution is 2.31. The third kappa shape index (κ3) is 5.04. The summed E-state index contributed by atoms with van der Waals surface area (Å²) in [6.45, 7) is 5.21. The lowest BCUT2D eigenvalue weighted by Crippen LogP contribution is -2.15. The topological polar surface area (TPSA) is 77.2 Å². The van der Waals surface area contributed by atoms with Crippen LogP contribution < -0.4 is 15.8 Å². The molecule has 2 rings (SSSR count). The van der Waals surface area contributed by atoms with Gasteiger partial charge in [0.25, 0.3) is 0 Å². The molecule has 0 fully saturated rings. The van der Waals surface area contributed by atoms with E-state index >= 15 is 0 Å². The summed E-state index contributed by atoms with van der Waals surface area (Å²) in [5.41, 5.74) is 7.28. The average Bonchev–Trinajstić information content (AvgIpc) is 2.89. The van der Waals surface area contributed by atoms with Gasteiger partial charge in [-0.25, -0.2) is 4.98 Å². The van der Waals surface area contributed by atoms with Gasteiger partial charge in [0.2, 0.25) is 5.91 Å². The number of nitrogens with one attached hydrogen (secondary N) is 1. The summed E-state index contributed by atoms with van der Waals surface area (Å²) in [6.07, 6.45) is 2.48. The van der Waals surface area contributed by atoms with E-state index in [2.05, 4.69) is 17.2 Å². The number of nitrogens with zero attached hydrogens (tertiary/aromatic N) is 1. The number of nitrogens with two attached hydrogens (primary N) is 1. The van der Waals surface area contributed by atoms with Crippen molar-refractivity contribution in [1.29, 1.82) is 0 Å². The number of amides is 1. The third-order valence-electron chi connectivity index (χ3n) is 3.31. The second kappa shape index (κ2) is 8.64. The number of anilines is 1. The predicted octanol–water partition coefficient (Wildman–Crippen LogP) is 3.58. The molecule has 0 atom stereocenters. The Bertz CT molecular complexity index is 638. The third-order valence-corrected chi connectivity index (χ3v) is 4.19. The largest absolute Gasteiger partial charge is 0.494 e. The number of carbonyl (C=O) groups is 1. The second-order valence-corrected chi connectivity index (χ2v) is 6.44. The first-order valence-corrected chi connectivity index (χ1v) is 8.66. The fourth-order valence-corrected chi connectivity index (χ4v) is 2.93. The highest BCUT2D eigenvalue weighted by molar-refractivity contribution is 7.16. The van der Waals surface area contributed by atoms with Crippen LogP contribution in [0.15, 0.2) is 24.3 Å². The van der Waals surface area contributed by atoms with Crippen LogP contribution in [0.3, 0.4) is 0 Å². The molecule has 124 valence electrons. The number of aryl methyl sites for hydroxylation is 1. The van der Waals surface area contributed by atoms with Gasteiger partial charge < -0.3 is 15.8 Å². The molecule has 5 nitrogen and oxygen atoms in total. The molecular formula is C17H23N3O2S. The van der Waals surface area contributed by atoms with Gasteiger partial charge in [0.1, 0.15) is 5.75 Å². The van der Waals surface area contributed by atoms with Crippen LogP contribution in [0.5, 0.6) is 5.75 Å². The number of carbonyl (C=O) groups excluding carboxylic acids is 1. The van der Waals surface area contributed by atoms with Crippen molar-refractivity contribution in [3.63, 3.8) is 0 Å². The zero-order chi connectivity index (χ0) is 16.7. The van der Waals surface area contributed by atoms with Crippen molar-refractivity contribution in [3.05, 3.63) is 29.1 Å². The summed E-state index contributed by atoms with van der Waals surface area (Å²) in [5, 5.41) is 3.39. The number of benzene rings is 1. The lowest BCUT2D eigenvalue weighted by molar-refractivity contribution is -0.116. The Kier molecular flexibility index (Phi) is 6.55. The first kappa shape index (κ1) is 17.4. The van der Waals surface area contributed by atoms with Crippen molar-refractivity contribution in [2.75, 3.05) is 18.5 Å². The summed E-state index contributed by atoms with van der Waals surface area (Å²) >= 11 is 1.47. The number of thiazole rings is 1. The Balaban J connectivity index is 2.06. The van der Waals surface area contributed by atoms with Gasteiger partial charge in [0, 0.05) is 23.4 Å². The summed E-state index contributed by atoms with van der Waals surface area (Å²) in [7, 11) is 0. The Morgan fingerprint density at radius 3 is 2.74 bits per heavy atom. The van der Waals surface area contributed by atoms with Crippen molar-refractivity contribution in [1.82, 2.24) is 4.98 Å². The molecule has 0 saturated carbocycles. The molecule has 0 aliphatic heterocycles. The van der Waals surface area contributed by atoms with E-state index in [4.69, 9.17) is 10.5 Å². The van der Waals surface area contributed by atoms with Gasteiger partial charge in [-0.3, -0.25) is 4.79 Å². The number of ether oxygens (including phenoxy) is 1. The zero-order valence-corrected chi connectivity index (χ0v) is 14.4. The fourth-order valence-electron chi connectivity index (χ4n) is 2.07. The van der Waals surface area contributed by atoms with Crippen molar-refractivity contribution >= 4 is 22.4 Å². The van der Waals surface area contributed by atoms with Gasteiger partial charge in [0.05, 0.1) is 12.3 Å².